The van der Waals surface area contributed by atoms with Crippen LogP contribution in [0.25, 0.3) is 0 Å². The number of amides is 1. The SMILES string of the molecule is COc1ccc(C2SCC(=O)N2CCSCc2ccco2)cc1OC. The number of ether oxygens (including phenoxy) is 2. The van der Waals surface area contributed by atoms with Gasteiger partial charge in [-0.3, -0.25) is 4.79 Å². The van der Waals surface area contributed by atoms with Crippen LogP contribution in [0, 0.1) is 0 Å². The average Bonchev–Trinajstić information content (AvgIpc) is 3.28. The lowest BCUT2D eigenvalue weighted by molar-refractivity contribution is -0.127. The molecule has 134 valence electrons. The third-order valence-corrected chi connectivity index (χ3v) is 6.18. The second-order valence-electron chi connectivity index (χ2n) is 5.50. The molecule has 2 aromatic rings. The second-order valence-corrected chi connectivity index (χ2v) is 7.67. The number of carbonyl (C=O) groups excluding carboxylic acids is 1. The molecule has 0 saturated carbocycles. The van der Waals surface area contributed by atoms with Crippen molar-refractivity contribution in [2.45, 2.75) is 11.1 Å². The van der Waals surface area contributed by atoms with Gasteiger partial charge in [0.15, 0.2) is 11.5 Å². The zero-order valence-corrected chi connectivity index (χ0v) is 15.9. The Morgan fingerprint density at radius 1 is 1.28 bits per heavy atom. The molecule has 1 fully saturated rings. The van der Waals surface area contributed by atoms with Crippen LogP contribution in [0.15, 0.2) is 41.0 Å². The summed E-state index contributed by atoms with van der Waals surface area (Å²) < 4.78 is 16.0. The summed E-state index contributed by atoms with van der Waals surface area (Å²) in [6.07, 6.45) is 1.68. The van der Waals surface area contributed by atoms with Gasteiger partial charge in [0, 0.05) is 12.3 Å². The molecule has 1 aromatic heterocycles. The van der Waals surface area contributed by atoms with Crippen molar-refractivity contribution in [2.24, 2.45) is 0 Å². The number of rotatable bonds is 8. The maximum Gasteiger partial charge on any atom is 0.233 e. The second kappa shape index (κ2) is 8.58. The van der Waals surface area contributed by atoms with Gasteiger partial charge in [0.25, 0.3) is 0 Å². The van der Waals surface area contributed by atoms with E-state index >= 15 is 0 Å². The van der Waals surface area contributed by atoms with E-state index in [4.69, 9.17) is 13.9 Å². The minimum atomic E-state index is 0.0246. The molecule has 0 radical (unpaired) electrons. The summed E-state index contributed by atoms with van der Waals surface area (Å²) in [4.78, 5) is 14.2. The predicted octanol–water partition coefficient (Wildman–Crippen LogP) is 3.80. The van der Waals surface area contributed by atoms with Crippen LogP contribution in [0.3, 0.4) is 0 Å². The van der Waals surface area contributed by atoms with Crippen LogP contribution < -0.4 is 9.47 Å². The van der Waals surface area contributed by atoms with Gasteiger partial charge in [-0.25, -0.2) is 0 Å². The third-order valence-electron chi connectivity index (χ3n) is 3.96. The number of hydrogen-bond acceptors (Lipinski definition) is 6. The number of methoxy groups -OCH3 is 2. The van der Waals surface area contributed by atoms with Crippen LogP contribution in [0.1, 0.15) is 16.7 Å². The molecule has 2 heterocycles. The normalized spacial score (nSPS) is 17.1. The van der Waals surface area contributed by atoms with E-state index < -0.39 is 0 Å². The molecule has 25 heavy (non-hydrogen) atoms. The molecule has 1 aliphatic heterocycles. The monoisotopic (exact) mass is 379 g/mol. The number of nitrogens with zero attached hydrogens (tertiary/aromatic N) is 1. The average molecular weight is 380 g/mol. The minimum Gasteiger partial charge on any atom is -0.493 e. The highest BCUT2D eigenvalue weighted by molar-refractivity contribution is 8.00. The van der Waals surface area contributed by atoms with E-state index in [-0.39, 0.29) is 11.3 Å². The van der Waals surface area contributed by atoms with Crippen molar-refractivity contribution in [1.29, 1.82) is 0 Å². The Hall–Kier alpha value is -1.73. The molecule has 0 aliphatic carbocycles. The molecule has 0 bridgehead atoms. The van der Waals surface area contributed by atoms with Crippen molar-refractivity contribution in [3.63, 3.8) is 0 Å². The first kappa shape index (κ1) is 18.1. The molecule has 0 spiro atoms. The molecule has 3 rings (SSSR count). The first-order valence-corrected chi connectivity index (χ1v) is 10.2. The van der Waals surface area contributed by atoms with E-state index in [1.807, 2.05) is 35.2 Å². The number of carbonyl (C=O) groups is 1. The lowest BCUT2D eigenvalue weighted by atomic mass is 10.2. The number of furan rings is 1. The van der Waals surface area contributed by atoms with E-state index in [1.54, 1.807) is 44.0 Å². The Morgan fingerprint density at radius 2 is 2.12 bits per heavy atom. The van der Waals surface area contributed by atoms with Gasteiger partial charge in [-0.15, -0.1) is 11.8 Å². The first-order chi connectivity index (χ1) is 12.2. The Morgan fingerprint density at radius 3 is 2.84 bits per heavy atom. The van der Waals surface area contributed by atoms with Gasteiger partial charge < -0.3 is 18.8 Å². The maximum absolute atomic E-state index is 12.3. The smallest absolute Gasteiger partial charge is 0.233 e. The van der Waals surface area contributed by atoms with Crippen molar-refractivity contribution in [1.82, 2.24) is 4.90 Å². The summed E-state index contributed by atoms with van der Waals surface area (Å²) in [7, 11) is 3.24. The maximum atomic E-state index is 12.3. The molecule has 1 aliphatic rings. The Balaban J connectivity index is 1.63. The number of benzene rings is 1. The zero-order valence-electron chi connectivity index (χ0n) is 14.3. The predicted molar refractivity (Wildman–Crippen MR) is 101 cm³/mol. The lowest BCUT2D eigenvalue weighted by Crippen LogP contribution is -2.30. The molecule has 1 saturated heterocycles. The van der Waals surface area contributed by atoms with Crippen LogP contribution in [0.2, 0.25) is 0 Å². The van der Waals surface area contributed by atoms with Crippen molar-refractivity contribution in [3.05, 3.63) is 47.9 Å². The highest BCUT2D eigenvalue weighted by Crippen LogP contribution is 2.41. The van der Waals surface area contributed by atoms with Gasteiger partial charge in [0.1, 0.15) is 11.1 Å². The van der Waals surface area contributed by atoms with Crippen molar-refractivity contribution in [3.8, 4) is 11.5 Å². The number of thioether (sulfide) groups is 2. The quantitative estimate of drug-likeness (QED) is 0.650. The molecule has 7 heteroatoms. The molecule has 1 amide bonds. The lowest BCUT2D eigenvalue weighted by Gasteiger charge is -2.24. The van der Waals surface area contributed by atoms with Crippen LogP contribution in [0.5, 0.6) is 11.5 Å². The molecule has 5 nitrogen and oxygen atoms in total. The number of hydrogen-bond donors (Lipinski definition) is 0. The van der Waals surface area contributed by atoms with E-state index in [1.165, 1.54) is 0 Å². The summed E-state index contributed by atoms with van der Waals surface area (Å²) in [5.74, 6) is 4.74. The van der Waals surface area contributed by atoms with Gasteiger partial charge in [0.2, 0.25) is 5.91 Å². The van der Waals surface area contributed by atoms with E-state index in [0.29, 0.717) is 17.3 Å². The topological polar surface area (TPSA) is 51.9 Å². The molecular formula is C18H21NO4S2. The zero-order chi connectivity index (χ0) is 17.6. The third kappa shape index (κ3) is 4.27. The molecule has 1 unspecified atom stereocenters. The minimum absolute atomic E-state index is 0.0246. The molecule has 0 N–H and O–H groups in total. The van der Waals surface area contributed by atoms with Gasteiger partial charge in [-0.2, -0.15) is 11.8 Å². The largest absolute Gasteiger partial charge is 0.493 e. The van der Waals surface area contributed by atoms with Gasteiger partial charge in [-0.05, 0) is 29.8 Å². The van der Waals surface area contributed by atoms with E-state index in [9.17, 15) is 4.79 Å². The molecular weight excluding hydrogens is 358 g/mol. The van der Waals surface area contributed by atoms with Crippen molar-refractivity contribution in [2.75, 3.05) is 32.3 Å². The fraction of sp³-hybridized carbons (Fsp3) is 0.389. The van der Waals surface area contributed by atoms with Crippen LogP contribution in [0.4, 0.5) is 0 Å². The summed E-state index contributed by atoms with van der Waals surface area (Å²) in [6.45, 7) is 0.718. The van der Waals surface area contributed by atoms with Gasteiger partial charge in [0.05, 0.1) is 32.0 Å². The van der Waals surface area contributed by atoms with Crippen LogP contribution in [-0.4, -0.2) is 43.1 Å². The van der Waals surface area contributed by atoms with E-state index in [2.05, 4.69) is 0 Å². The Kier molecular flexibility index (Phi) is 6.20. The summed E-state index contributed by atoms with van der Waals surface area (Å²) in [5.41, 5.74) is 1.06. The summed E-state index contributed by atoms with van der Waals surface area (Å²) in [6, 6.07) is 9.71. The Labute approximate surface area is 156 Å². The summed E-state index contributed by atoms with van der Waals surface area (Å²) in [5, 5.41) is 0.0246. The summed E-state index contributed by atoms with van der Waals surface area (Å²) >= 11 is 3.42. The molecule has 1 aromatic carbocycles. The standard InChI is InChI=1S/C18H21NO4S2/c1-21-15-6-5-13(10-16(15)22-2)18-19(17(20)12-25-18)7-9-24-11-14-4-3-8-23-14/h3-6,8,10,18H,7,9,11-12H2,1-2H3. The van der Waals surface area contributed by atoms with Gasteiger partial charge in [-0.1, -0.05) is 6.07 Å². The van der Waals surface area contributed by atoms with Gasteiger partial charge >= 0.3 is 0 Å². The van der Waals surface area contributed by atoms with Crippen molar-refractivity contribution >= 4 is 29.4 Å². The molecule has 1 atom stereocenters. The first-order valence-electron chi connectivity index (χ1n) is 7.96. The highest BCUT2D eigenvalue weighted by Gasteiger charge is 2.32. The fourth-order valence-electron chi connectivity index (χ4n) is 2.71. The Bertz CT molecular complexity index is 705. The fourth-order valence-corrected chi connectivity index (χ4v) is 4.75. The van der Waals surface area contributed by atoms with Crippen LogP contribution in [-0.2, 0) is 10.5 Å². The van der Waals surface area contributed by atoms with Crippen LogP contribution >= 0.6 is 23.5 Å². The highest BCUT2D eigenvalue weighted by atomic mass is 32.2. The van der Waals surface area contributed by atoms with Crippen molar-refractivity contribution < 1.29 is 18.7 Å². The van der Waals surface area contributed by atoms with E-state index in [0.717, 1.165) is 29.4 Å².